The maximum Gasteiger partial charge on any atom is 0.229 e. The van der Waals surface area contributed by atoms with E-state index in [4.69, 9.17) is 0 Å². The number of rotatable bonds is 8. The zero-order chi connectivity index (χ0) is 31.0. The zero-order valence-electron chi connectivity index (χ0n) is 25.3. The van der Waals surface area contributed by atoms with Crippen LogP contribution in [-0.2, 0) is 4.79 Å². The number of halogens is 1. The van der Waals surface area contributed by atoms with E-state index >= 15 is 0 Å². The summed E-state index contributed by atoms with van der Waals surface area (Å²) in [6.45, 7) is 7.10. The van der Waals surface area contributed by atoms with E-state index < -0.39 is 5.41 Å². The Morgan fingerprint density at radius 2 is 1.70 bits per heavy atom. The molecule has 0 atom stereocenters. The van der Waals surface area contributed by atoms with Crippen molar-refractivity contribution in [1.82, 2.24) is 35.0 Å². The molecule has 0 aliphatic rings. The van der Waals surface area contributed by atoms with E-state index in [1.165, 1.54) is 12.1 Å². The molecule has 0 saturated carbocycles. The Kier molecular flexibility index (Phi) is 7.56. The zero-order valence-corrected chi connectivity index (χ0v) is 25.3. The van der Waals surface area contributed by atoms with Gasteiger partial charge in [0.15, 0.2) is 5.65 Å². The van der Waals surface area contributed by atoms with Crippen molar-refractivity contribution in [3.63, 3.8) is 0 Å². The van der Waals surface area contributed by atoms with E-state index in [9.17, 15) is 9.18 Å². The van der Waals surface area contributed by atoms with Gasteiger partial charge in [0.2, 0.25) is 5.91 Å². The average Bonchev–Trinajstić information content (AvgIpc) is 3.60. The molecule has 0 saturated heterocycles. The third-order valence-electron chi connectivity index (χ3n) is 7.29. The normalized spacial score (nSPS) is 11.9. The molecule has 0 aliphatic heterocycles. The van der Waals surface area contributed by atoms with Crippen molar-refractivity contribution in [2.24, 2.45) is 5.41 Å². The molecular weight excluding hydrogens is 557 g/mol. The van der Waals surface area contributed by atoms with Crippen molar-refractivity contribution in [3.8, 4) is 33.8 Å². The molecule has 44 heavy (non-hydrogen) atoms. The molecule has 6 aromatic rings. The predicted molar refractivity (Wildman–Crippen MR) is 173 cm³/mol. The Hall–Kier alpha value is -5.16. The summed E-state index contributed by atoms with van der Waals surface area (Å²) >= 11 is 0. The highest BCUT2D eigenvalue weighted by atomic mass is 19.1. The van der Waals surface area contributed by atoms with Crippen molar-refractivity contribution in [1.29, 1.82) is 0 Å². The summed E-state index contributed by atoms with van der Waals surface area (Å²) < 4.78 is 14.7. The second-order valence-corrected chi connectivity index (χ2v) is 12.1. The summed E-state index contributed by atoms with van der Waals surface area (Å²) in [6.07, 6.45) is 6.82. The number of hydrogen-bond acceptors (Lipinski definition) is 7. The predicted octanol–water partition coefficient (Wildman–Crippen LogP) is 6.33. The van der Waals surface area contributed by atoms with Crippen molar-refractivity contribution in [2.75, 3.05) is 37.8 Å². The minimum absolute atomic E-state index is 0.0927. The van der Waals surface area contributed by atoms with Gasteiger partial charge >= 0.3 is 0 Å². The van der Waals surface area contributed by atoms with Gasteiger partial charge in [-0.2, -0.15) is 5.10 Å². The highest BCUT2D eigenvalue weighted by Crippen LogP contribution is 2.35. The monoisotopic (exact) mass is 591 g/mol. The standard InChI is InChI=1S/C33H34FN9O/c1-33(2,3)32(44)39-24-12-20(16-35-18-24)21-13-26-30(41-42-31(26)38-17-21)28-15-25-27(40-28)6-7-37-29(25)19-10-22(34)14-23(11-19)36-8-9-43(4)5/h6-7,10-18,36,40H,8-9H2,1-5H3,(H,39,44)(H,38,41,42). The van der Waals surface area contributed by atoms with Gasteiger partial charge < -0.3 is 20.5 Å². The van der Waals surface area contributed by atoms with E-state index in [2.05, 4.69) is 45.7 Å². The molecule has 0 radical (unpaired) electrons. The maximum absolute atomic E-state index is 14.7. The third-order valence-corrected chi connectivity index (χ3v) is 7.29. The van der Waals surface area contributed by atoms with E-state index in [0.29, 0.717) is 40.5 Å². The number of carbonyl (C=O) groups excluding carboxylic acids is 1. The Morgan fingerprint density at radius 3 is 2.50 bits per heavy atom. The van der Waals surface area contributed by atoms with E-state index in [0.717, 1.165) is 39.7 Å². The topological polar surface area (TPSA) is 128 Å². The van der Waals surface area contributed by atoms with Crippen LogP contribution in [0.3, 0.4) is 0 Å². The van der Waals surface area contributed by atoms with Gasteiger partial charge in [0, 0.05) is 75.8 Å². The lowest BCUT2D eigenvalue weighted by molar-refractivity contribution is -0.123. The quantitative estimate of drug-likeness (QED) is 0.163. The fraction of sp³-hybridized carbons (Fsp3) is 0.242. The number of aromatic amines is 2. The maximum atomic E-state index is 14.7. The molecule has 1 amide bonds. The van der Waals surface area contributed by atoms with Crippen LogP contribution in [0.5, 0.6) is 0 Å². The molecule has 10 nitrogen and oxygen atoms in total. The fourth-order valence-corrected chi connectivity index (χ4v) is 4.92. The van der Waals surface area contributed by atoms with Gasteiger partial charge in [0.1, 0.15) is 11.5 Å². The van der Waals surface area contributed by atoms with Crippen molar-refractivity contribution >= 4 is 39.2 Å². The lowest BCUT2D eigenvalue weighted by Gasteiger charge is -2.17. The summed E-state index contributed by atoms with van der Waals surface area (Å²) in [7, 11) is 3.99. The first-order valence-electron chi connectivity index (χ1n) is 14.3. The SMILES string of the molecule is CN(C)CCNc1cc(F)cc(-c2nccc3[nH]c(-c4n[nH]c5ncc(-c6cncc(NC(=O)C(C)(C)C)c6)cc45)cc23)c1. The molecule has 5 aromatic heterocycles. The molecule has 0 fully saturated rings. The Morgan fingerprint density at radius 1 is 0.909 bits per heavy atom. The van der Waals surface area contributed by atoms with Crippen LogP contribution in [0, 0.1) is 11.2 Å². The number of H-pyrrole nitrogens is 2. The smallest absolute Gasteiger partial charge is 0.229 e. The molecule has 6 rings (SSSR count). The molecule has 0 aliphatic carbocycles. The van der Waals surface area contributed by atoms with Gasteiger partial charge in [-0.1, -0.05) is 20.8 Å². The van der Waals surface area contributed by atoms with E-state index in [1.807, 2.05) is 65.2 Å². The summed E-state index contributed by atoms with van der Waals surface area (Å²) in [5.41, 5.74) is 6.69. The second kappa shape index (κ2) is 11.5. The van der Waals surface area contributed by atoms with Crippen LogP contribution in [0.25, 0.3) is 55.7 Å². The first kappa shape index (κ1) is 28.9. The number of likely N-dealkylation sites (N-methyl/N-ethyl adjacent to an activating group) is 1. The summed E-state index contributed by atoms with van der Waals surface area (Å²) in [6, 6.07) is 12.6. The average molecular weight is 592 g/mol. The van der Waals surface area contributed by atoms with E-state index in [1.54, 1.807) is 24.8 Å². The summed E-state index contributed by atoms with van der Waals surface area (Å²) in [5.74, 6) is -0.428. The lowest BCUT2D eigenvalue weighted by atomic mass is 9.95. The first-order valence-corrected chi connectivity index (χ1v) is 14.3. The van der Waals surface area contributed by atoms with Gasteiger partial charge in [-0.25, -0.2) is 9.37 Å². The van der Waals surface area contributed by atoms with Gasteiger partial charge in [0.05, 0.1) is 23.3 Å². The number of hydrogen-bond donors (Lipinski definition) is 4. The molecule has 0 spiro atoms. The van der Waals surface area contributed by atoms with E-state index in [-0.39, 0.29) is 11.7 Å². The number of pyridine rings is 3. The van der Waals surface area contributed by atoms with Crippen LogP contribution in [0.4, 0.5) is 15.8 Å². The summed E-state index contributed by atoms with van der Waals surface area (Å²) in [4.78, 5) is 31.6. The Labute approximate surface area is 254 Å². The minimum atomic E-state index is -0.531. The number of amides is 1. The lowest BCUT2D eigenvalue weighted by Crippen LogP contribution is -2.27. The number of nitrogens with one attached hydrogen (secondary N) is 4. The van der Waals surface area contributed by atoms with Crippen molar-refractivity contribution < 1.29 is 9.18 Å². The van der Waals surface area contributed by atoms with Gasteiger partial charge in [-0.3, -0.25) is 19.9 Å². The van der Waals surface area contributed by atoms with Crippen LogP contribution in [-0.4, -0.2) is 68.1 Å². The molecule has 4 N–H and O–H groups in total. The molecular formula is C33H34FN9O. The van der Waals surface area contributed by atoms with Gasteiger partial charge in [0.25, 0.3) is 0 Å². The molecule has 11 heteroatoms. The molecule has 5 heterocycles. The van der Waals surface area contributed by atoms with Crippen LogP contribution in [0.1, 0.15) is 20.8 Å². The van der Waals surface area contributed by atoms with Crippen molar-refractivity contribution in [2.45, 2.75) is 20.8 Å². The minimum Gasteiger partial charge on any atom is -0.384 e. The fourth-order valence-electron chi connectivity index (χ4n) is 4.92. The van der Waals surface area contributed by atoms with Crippen LogP contribution in [0.2, 0.25) is 0 Å². The third kappa shape index (κ3) is 6.00. The van der Waals surface area contributed by atoms with Crippen LogP contribution < -0.4 is 10.6 Å². The second-order valence-electron chi connectivity index (χ2n) is 12.1. The molecule has 1 aromatic carbocycles. The number of fused-ring (bicyclic) bond motifs is 2. The number of nitrogens with zero attached hydrogens (tertiary/aromatic N) is 5. The molecule has 0 unspecified atom stereocenters. The highest BCUT2D eigenvalue weighted by molar-refractivity contribution is 6.00. The Bertz CT molecular complexity index is 1990. The number of carbonyl (C=O) groups is 1. The molecule has 0 bridgehead atoms. The van der Waals surface area contributed by atoms with Gasteiger partial charge in [-0.05, 0) is 56.6 Å². The largest absolute Gasteiger partial charge is 0.384 e. The number of aromatic nitrogens is 6. The highest BCUT2D eigenvalue weighted by Gasteiger charge is 2.22. The van der Waals surface area contributed by atoms with Crippen molar-refractivity contribution in [3.05, 3.63) is 73.1 Å². The first-order chi connectivity index (χ1) is 21.0. The number of anilines is 2. The number of benzene rings is 1. The summed E-state index contributed by atoms with van der Waals surface area (Å²) in [5, 5.41) is 15.5. The van der Waals surface area contributed by atoms with Gasteiger partial charge in [-0.15, -0.1) is 0 Å². The Balaban J connectivity index is 1.35. The molecule has 224 valence electrons. The van der Waals surface area contributed by atoms with Crippen LogP contribution >= 0.6 is 0 Å². The van der Waals surface area contributed by atoms with Crippen LogP contribution in [0.15, 0.2) is 67.3 Å².